The number of hydrogen-bond donors (Lipinski definition) is 2. The SMILES string of the molecule is CC(C)CCNC(N)=NCCCC(=O)N1CCc2ccccc21.I. The number of benzene rings is 1. The number of para-hydroxylation sites is 1. The summed E-state index contributed by atoms with van der Waals surface area (Å²) < 4.78 is 0. The van der Waals surface area contributed by atoms with Gasteiger partial charge in [0.25, 0.3) is 0 Å². The van der Waals surface area contributed by atoms with Gasteiger partial charge in [0.15, 0.2) is 5.96 Å². The van der Waals surface area contributed by atoms with Crippen molar-refractivity contribution >= 4 is 41.5 Å². The summed E-state index contributed by atoms with van der Waals surface area (Å²) in [4.78, 5) is 18.5. The van der Waals surface area contributed by atoms with Crippen LogP contribution < -0.4 is 16.0 Å². The average molecular weight is 444 g/mol. The molecular formula is C18H29IN4O. The highest BCUT2D eigenvalue weighted by Crippen LogP contribution is 2.27. The Kier molecular flexibility index (Phi) is 9.10. The van der Waals surface area contributed by atoms with E-state index in [1.807, 2.05) is 23.1 Å². The van der Waals surface area contributed by atoms with Gasteiger partial charge in [-0.25, -0.2) is 0 Å². The van der Waals surface area contributed by atoms with E-state index in [9.17, 15) is 4.79 Å². The minimum atomic E-state index is 0. The highest BCUT2D eigenvalue weighted by atomic mass is 127. The molecule has 3 N–H and O–H groups in total. The first-order valence-electron chi connectivity index (χ1n) is 8.50. The number of amides is 1. The highest BCUT2D eigenvalue weighted by Gasteiger charge is 2.23. The molecule has 0 spiro atoms. The van der Waals surface area contributed by atoms with Crippen molar-refractivity contribution in [1.29, 1.82) is 0 Å². The second-order valence-corrected chi connectivity index (χ2v) is 6.40. The molecule has 0 saturated carbocycles. The standard InChI is InChI=1S/C18H28N4O.HI/c1-14(2)9-12-21-18(19)20-11-5-8-17(23)22-13-10-15-6-3-4-7-16(15)22;/h3-4,6-7,14H,5,8-13H2,1-2H3,(H3,19,20,21);1H. The van der Waals surface area contributed by atoms with Gasteiger partial charge in [-0.15, -0.1) is 24.0 Å². The van der Waals surface area contributed by atoms with Crippen LogP contribution >= 0.6 is 24.0 Å². The molecule has 0 fully saturated rings. The molecule has 1 aliphatic heterocycles. The van der Waals surface area contributed by atoms with Crippen LogP contribution in [0.2, 0.25) is 0 Å². The normalized spacial score (nSPS) is 13.6. The third kappa shape index (κ3) is 6.30. The summed E-state index contributed by atoms with van der Waals surface area (Å²) >= 11 is 0. The molecule has 2 rings (SSSR count). The fourth-order valence-electron chi connectivity index (χ4n) is 2.71. The molecule has 1 heterocycles. The highest BCUT2D eigenvalue weighted by molar-refractivity contribution is 14.0. The Hall–Kier alpha value is -1.31. The van der Waals surface area contributed by atoms with Crippen LogP contribution in [0.1, 0.15) is 38.7 Å². The lowest BCUT2D eigenvalue weighted by Gasteiger charge is -2.17. The molecule has 24 heavy (non-hydrogen) atoms. The van der Waals surface area contributed by atoms with Crippen LogP contribution in [-0.2, 0) is 11.2 Å². The third-order valence-electron chi connectivity index (χ3n) is 4.05. The number of aliphatic imine (C=N–C) groups is 1. The number of nitrogens with one attached hydrogen (secondary N) is 1. The van der Waals surface area contributed by atoms with Gasteiger partial charge in [0.2, 0.25) is 5.91 Å². The number of nitrogens with two attached hydrogens (primary N) is 1. The lowest BCUT2D eigenvalue weighted by atomic mass is 10.1. The smallest absolute Gasteiger partial charge is 0.227 e. The van der Waals surface area contributed by atoms with Crippen molar-refractivity contribution in [3.8, 4) is 0 Å². The lowest BCUT2D eigenvalue weighted by molar-refractivity contribution is -0.118. The molecule has 1 aromatic rings. The van der Waals surface area contributed by atoms with E-state index in [0.717, 1.165) is 38.0 Å². The van der Waals surface area contributed by atoms with Gasteiger partial charge in [0, 0.05) is 31.7 Å². The molecule has 0 bridgehead atoms. The van der Waals surface area contributed by atoms with Gasteiger partial charge in [-0.2, -0.15) is 0 Å². The van der Waals surface area contributed by atoms with E-state index in [1.54, 1.807) is 0 Å². The molecule has 1 aromatic carbocycles. The molecule has 0 atom stereocenters. The molecule has 0 aliphatic carbocycles. The number of hydrogen-bond acceptors (Lipinski definition) is 2. The van der Waals surface area contributed by atoms with Crippen LogP contribution in [0.3, 0.4) is 0 Å². The van der Waals surface area contributed by atoms with E-state index >= 15 is 0 Å². The van der Waals surface area contributed by atoms with Crippen LogP contribution in [0.5, 0.6) is 0 Å². The number of carbonyl (C=O) groups is 1. The molecule has 6 heteroatoms. The maximum Gasteiger partial charge on any atom is 0.227 e. The van der Waals surface area contributed by atoms with Crippen molar-refractivity contribution in [3.05, 3.63) is 29.8 Å². The zero-order valence-corrected chi connectivity index (χ0v) is 17.0. The van der Waals surface area contributed by atoms with Crippen LogP contribution in [-0.4, -0.2) is 31.5 Å². The zero-order valence-electron chi connectivity index (χ0n) is 14.6. The predicted octanol–water partition coefficient (Wildman–Crippen LogP) is 2.92. The topological polar surface area (TPSA) is 70.7 Å². The van der Waals surface area contributed by atoms with Crippen molar-refractivity contribution in [2.45, 2.75) is 39.5 Å². The molecular weight excluding hydrogens is 415 g/mol. The first kappa shape index (κ1) is 20.7. The van der Waals surface area contributed by atoms with Gasteiger partial charge >= 0.3 is 0 Å². The summed E-state index contributed by atoms with van der Waals surface area (Å²) in [6, 6.07) is 8.13. The second-order valence-electron chi connectivity index (χ2n) is 6.40. The number of carbonyl (C=O) groups excluding carboxylic acids is 1. The van der Waals surface area contributed by atoms with Crippen LogP contribution in [0.4, 0.5) is 5.69 Å². The van der Waals surface area contributed by atoms with Gasteiger partial charge in [0.1, 0.15) is 0 Å². The van der Waals surface area contributed by atoms with Gasteiger partial charge in [0.05, 0.1) is 0 Å². The summed E-state index contributed by atoms with van der Waals surface area (Å²) in [6.07, 6.45) is 3.26. The Morgan fingerprint density at radius 2 is 2.12 bits per heavy atom. The van der Waals surface area contributed by atoms with Gasteiger partial charge in [-0.05, 0) is 36.8 Å². The third-order valence-corrected chi connectivity index (χ3v) is 4.05. The molecule has 5 nitrogen and oxygen atoms in total. The molecule has 0 saturated heterocycles. The van der Waals surface area contributed by atoms with Crippen molar-refractivity contribution < 1.29 is 4.79 Å². The maximum atomic E-state index is 12.3. The summed E-state index contributed by atoms with van der Waals surface area (Å²) in [5, 5.41) is 3.10. The largest absolute Gasteiger partial charge is 0.370 e. The van der Waals surface area contributed by atoms with Crippen LogP contribution in [0.15, 0.2) is 29.3 Å². The summed E-state index contributed by atoms with van der Waals surface area (Å²) in [7, 11) is 0. The predicted molar refractivity (Wildman–Crippen MR) is 111 cm³/mol. The Bertz CT molecular complexity index is 560. The molecule has 134 valence electrons. The molecule has 0 unspecified atom stereocenters. The first-order chi connectivity index (χ1) is 11.1. The monoisotopic (exact) mass is 444 g/mol. The Balaban J connectivity index is 0.00000288. The van der Waals surface area contributed by atoms with Crippen molar-refractivity contribution in [2.75, 3.05) is 24.5 Å². The number of anilines is 1. The van der Waals surface area contributed by atoms with Crippen molar-refractivity contribution in [1.82, 2.24) is 5.32 Å². The Labute approximate surface area is 162 Å². The Morgan fingerprint density at radius 3 is 2.88 bits per heavy atom. The molecule has 1 amide bonds. The lowest BCUT2D eigenvalue weighted by Crippen LogP contribution is -2.33. The minimum Gasteiger partial charge on any atom is -0.370 e. The average Bonchev–Trinajstić information content (AvgIpc) is 2.95. The number of rotatable bonds is 7. The van der Waals surface area contributed by atoms with Crippen LogP contribution in [0, 0.1) is 5.92 Å². The molecule has 0 aromatic heterocycles. The van der Waals surface area contributed by atoms with E-state index in [1.165, 1.54) is 5.56 Å². The van der Waals surface area contributed by atoms with Crippen LogP contribution in [0.25, 0.3) is 0 Å². The van der Waals surface area contributed by atoms with E-state index in [0.29, 0.717) is 24.8 Å². The second kappa shape index (κ2) is 10.5. The fourth-order valence-corrected chi connectivity index (χ4v) is 2.71. The number of guanidine groups is 1. The van der Waals surface area contributed by atoms with E-state index in [-0.39, 0.29) is 29.9 Å². The summed E-state index contributed by atoms with van der Waals surface area (Å²) in [5.74, 6) is 1.30. The first-order valence-corrected chi connectivity index (χ1v) is 8.50. The number of halogens is 1. The Morgan fingerprint density at radius 1 is 1.38 bits per heavy atom. The summed E-state index contributed by atoms with van der Waals surface area (Å²) in [6.45, 7) is 6.58. The van der Waals surface area contributed by atoms with Gasteiger partial charge in [-0.1, -0.05) is 32.0 Å². The minimum absolute atomic E-state index is 0. The fraction of sp³-hybridized carbons (Fsp3) is 0.556. The van der Waals surface area contributed by atoms with Gasteiger partial charge < -0.3 is 16.0 Å². The zero-order chi connectivity index (χ0) is 16.7. The van der Waals surface area contributed by atoms with E-state index < -0.39 is 0 Å². The number of nitrogens with zero attached hydrogens (tertiary/aromatic N) is 2. The van der Waals surface area contributed by atoms with Crippen molar-refractivity contribution in [2.24, 2.45) is 16.6 Å². The quantitative estimate of drug-likeness (QED) is 0.294. The molecule has 1 aliphatic rings. The van der Waals surface area contributed by atoms with Gasteiger partial charge in [-0.3, -0.25) is 9.79 Å². The maximum absolute atomic E-state index is 12.3. The summed E-state index contributed by atoms with van der Waals surface area (Å²) in [5.41, 5.74) is 8.13. The number of fused-ring (bicyclic) bond motifs is 1. The van der Waals surface area contributed by atoms with Crippen molar-refractivity contribution in [3.63, 3.8) is 0 Å². The van der Waals surface area contributed by atoms with E-state index in [4.69, 9.17) is 5.73 Å². The molecule has 0 radical (unpaired) electrons. The van der Waals surface area contributed by atoms with E-state index in [2.05, 4.69) is 30.2 Å².